The molecular formula is C9H11NO4. The molecule has 0 atom stereocenters. The van der Waals surface area contributed by atoms with Crippen LogP contribution in [0.1, 0.15) is 15.9 Å². The number of hydrogen-bond acceptors (Lipinski definition) is 4. The van der Waals surface area contributed by atoms with E-state index in [1.165, 1.54) is 20.3 Å². The first-order chi connectivity index (χ1) is 6.60. The van der Waals surface area contributed by atoms with Crippen LogP contribution in [0.15, 0.2) is 6.07 Å². The minimum atomic E-state index is -1.03. The van der Waals surface area contributed by atoms with E-state index >= 15 is 0 Å². The highest BCUT2D eigenvalue weighted by Crippen LogP contribution is 2.23. The fourth-order valence-electron chi connectivity index (χ4n) is 1.09. The number of carbonyl (C=O) groups is 1. The van der Waals surface area contributed by atoms with E-state index in [-0.39, 0.29) is 17.3 Å². The lowest BCUT2D eigenvalue weighted by Crippen LogP contribution is -2.04. The van der Waals surface area contributed by atoms with Gasteiger partial charge in [-0.15, -0.1) is 0 Å². The Hall–Kier alpha value is -1.78. The maximum atomic E-state index is 10.8. The standard InChI is InChI=1S/C9H11NO4/c1-5-6(9(11)12)4-7(13-2)10-8(5)14-3/h4H,1-3H3,(H,11,12). The Morgan fingerprint density at radius 2 is 2.07 bits per heavy atom. The van der Waals surface area contributed by atoms with Crippen LogP contribution in [0.2, 0.25) is 0 Å². The van der Waals surface area contributed by atoms with Crippen molar-refractivity contribution in [2.24, 2.45) is 0 Å². The zero-order valence-corrected chi connectivity index (χ0v) is 8.20. The first-order valence-electron chi connectivity index (χ1n) is 3.93. The topological polar surface area (TPSA) is 68.7 Å². The summed E-state index contributed by atoms with van der Waals surface area (Å²) in [7, 11) is 2.85. The summed E-state index contributed by atoms with van der Waals surface area (Å²) < 4.78 is 9.77. The maximum Gasteiger partial charge on any atom is 0.336 e. The van der Waals surface area contributed by atoms with Crippen molar-refractivity contribution in [2.75, 3.05) is 14.2 Å². The number of aromatic carboxylic acids is 1. The molecular weight excluding hydrogens is 186 g/mol. The summed E-state index contributed by atoms with van der Waals surface area (Å²) in [6.45, 7) is 1.63. The van der Waals surface area contributed by atoms with Crippen LogP contribution in [0.3, 0.4) is 0 Å². The minimum Gasteiger partial charge on any atom is -0.481 e. The molecule has 0 amide bonds. The van der Waals surface area contributed by atoms with Gasteiger partial charge >= 0.3 is 5.97 Å². The second-order valence-corrected chi connectivity index (χ2v) is 2.65. The number of methoxy groups -OCH3 is 2. The smallest absolute Gasteiger partial charge is 0.336 e. The molecule has 1 rings (SSSR count). The van der Waals surface area contributed by atoms with E-state index in [0.29, 0.717) is 5.56 Å². The SMILES string of the molecule is COc1cc(C(=O)O)c(C)c(OC)n1. The van der Waals surface area contributed by atoms with Gasteiger partial charge in [-0.2, -0.15) is 4.98 Å². The molecule has 0 fully saturated rings. The van der Waals surface area contributed by atoms with E-state index in [2.05, 4.69) is 4.98 Å². The number of rotatable bonds is 3. The molecule has 0 spiro atoms. The monoisotopic (exact) mass is 197 g/mol. The molecule has 1 aromatic heterocycles. The van der Waals surface area contributed by atoms with Crippen molar-refractivity contribution in [2.45, 2.75) is 6.92 Å². The van der Waals surface area contributed by atoms with Gasteiger partial charge in [0.25, 0.3) is 0 Å². The van der Waals surface area contributed by atoms with Gasteiger partial charge in [-0.1, -0.05) is 0 Å². The van der Waals surface area contributed by atoms with Gasteiger partial charge in [0, 0.05) is 11.6 Å². The highest BCUT2D eigenvalue weighted by molar-refractivity contribution is 5.90. The summed E-state index contributed by atoms with van der Waals surface area (Å²) in [6.07, 6.45) is 0. The van der Waals surface area contributed by atoms with Crippen molar-refractivity contribution in [1.82, 2.24) is 4.98 Å². The number of pyridine rings is 1. The first kappa shape index (κ1) is 10.3. The van der Waals surface area contributed by atoms with E-state index < -0.39 is 5.97 Å². The molecule has 0 bridgehead atoms. The van der Waals surface area contributed by atoms with E-state index in [4.69, 9.17) is 14.6 Å². The van der Waals surface area contributed by atoms with Crippen molar-refractivity contribution in [3.05, 3.63) is 17.2 Å². The zero-order valence-electron chi connectivity index (χ0n) is 8.20. The molecule has 0 aliphatic rings. The lowest BCUT2D eigenvalue weighted by molar-refractivity contribution is 0.0695. The van der Waals surface area contributed by atoms with Gasteiger partial charge in [-0.3, -0.25) is 0 Å². The lowest BCUT2D eigenvalue weighted by atomic mass is 10.1. The average Bonchev–Trinajstić information content (AvgIpc) is 2.17. The third kappa shape index (κ3) is 1.76. The molecule has 0 radical (unpaired) electrons. The Balaban J connectivity index is 3.34. The molecule has 1 aromatic rings. The van der Waals surface area contributed by atoms with Crippen LogP contribution in [0.4, 0.5) is 0 Å². The van der Waals surface area contributed by atoms with Gasteiger partial charge in [0.15, 0.2) is 0 Å². The van der Waals surface area contributed by atoms with E-state index in [1.807, 2.05) is 0 Å². The first-order valence-corrected chi connectivity index (χ1v) is 3.93. The maximum absolute atomic E-state index is 10.8. The molecule has 0 aliphatic heterocycles. The van der Waals surface area contributed by atoms with Crippen molar-refractivity contribution in [3.8, 4) is 11.8 Å². The normalized spacial score (nSPS) is 9.64. The molecule has 1 N–H and O–H groups in total. The number of carboxylic acid groups (broad SMARTS) is 1. The number of aromatic nitrogens is 1. The molecule has 0 aromatic carbocycles. The molecule has 0 saturated heterocycles. The summed E-state index contributed by atoms with van der Waals surface area (Å²) in [5, 5.41) is 8.87. The molecule has 1 heterocycles. The van der Waals surface area contributed by atoms with E-state index in [1.54, 1.807) is 6.92 Å². The van der Waals surface area contributed by atoms with Crippen LogP contribution in [0.25, 0.3) is 0 Å². The van der Waals surface area contributed by atoms with E-state index in [0.717, 1.165) is 0 Å². The summed E-state index contributed by atoms with van der Waals surface area (Å²) in [4.78, 5) is 14.8. The Labute approximate surface area is 81.3 Å². The minimum absolute atomic E-state index is 0.133. The predicted octanol–water partition coefficient (Wildman–Crippen LogP) is 1.11. The van der Waals surface area contributed by atoms with Crippen LogP contribution in [0, 0.1) is 6.92 Å². The van der Waals surface area contributed by atoms with Crippen LogP contribution in [-0.2, 0) is 0 Å². The lowest BCUT2D eigenvalue weighted by Gasteiger charge is -2.08. The van der Waals surface area contributed by atoms with Gasteiger partial charge in [0.2, 0.25) is 11.8 Å². The van der Waals surface area contributed by atoms with Gasteiger partial charge in [-0.25, -0.2) is 4.79 Å². The Morgan fingerprint density at radius 1 is 1.43 bits per heavy atom. The predicted molar refractivity (Wildman–Crippen MR) is 49.0 cm³/mol. The van der Waals surface area contributed by atoms with Gasteiger partial charge in [0.1, 0.15) is 0 Å². The average molecular weight is 197 g/mol. The molecule has 0 aliphatic carbocycles. The quantitative estimate of drug-likeness (QED) is 0.785. The molecule has 14 heavy (non-hydrogen) atoms. The number of hydrogen-bond donors (Lipinski definition) is 1. The molecule has 0 saturated carbocycles. The summed E-state index contributed by atoms with van der Waals surface area (Å²) in [5.41, 5.74) is 0.620. The Kier molecular flexibility index (Phi) is 2.91. The molecule has 76 valence electrons. The summed E-state index contributed by atoms with van der Waals surface area (Å²) >= 11 is 0. The fraction of sp³-hybridized carbons (Fsp3) is 0.333. The zero-order chi connectivity index (χ0) is 10.7. The number of nitrogens with zero attached hydrogens (tertiary/aromatic N) is 1. The van der Waals surface area contributed by atoms with Crippen LogP contribution < -0.4 is 9.47 Å². The van der Waals surface area contributed by atoms with Crippen LogP contribution in [-0.4, -0.2) is 30.3 Å². The number of ether oxygens (including phenoxy) is 2. The highest BCUT2D eigenvalue weighted by atomic mass is 16.5. The van der Waals surface area contributed by atoms with Crippen LogP contribution in [0.5, 0.6) is 11.8 Å². The molecule has 0 unspecified atom stereocenters. The Morgan fingerprint density at radius 3 is 2.50 bits per heavy atom. The van der Waals surface area contributed by atoms with Crippen molar-refractivity contribution in [3.63, 3.8) is 0 Å². The summed E-state index contributed by atoms with van der Waals surface area (Å²) in [5.74, 6) is -0.534. The third-order valence-electron chi connectivity index (χ3n) is 1.84. The largest absolute Gasteiger partial charge is 0.481 e. The van der Waals surface area contributed by atoms with Crippen molar-refractivity contribution < 1.29 is 19.4 Å². The van der Waals surface area contributed by atoms with Gasteiger partial charge < -0.3 is 14.6 Å². The number of carboxylic acids is 1. The van der Waals surface area contributed by atoms with Crippen molar-refractivity contribution in [1.29, 1.82) is 0 Å². The molecule has 5 nitrogen and oxygen atoms in total. The highest BCUT2D eigenvalue weighted by Gasteiger charge is 2.14. The van der Waals surface area contributed by atoms with Crippen LogP contribution >= 0.6 is 0 Å². The van der Waals surface area contributed by atoms with Gasteiger partial charge in [0.05, 0.1) is 19.8 Å². The fourth-order valence-corrected chi connectivity index (χ4v) is 1.09. The second kappa shape index (κ2) is 3.95. The van der Waals surface area contributed by atoms with Gasteiger partial charge in [-0.05, 0) is 6.92 Å². The molecule has 5 heteroatoms. The van der Waals surface area contributed by atoms with Crippen molar-refractivity contribution >= 4 is 5.97 Å². The third-order valence-corrected chi connectivity index (χ3v) is 1.84. The second-order valence-electron chi connectivity index (χ2n) is 2.65. The Bertz CT molecular complexity index is 362. The van der Waals surface area contributed by atoms with E-state index in [9.17, 15) is 4.79 Å². The summed E-state index contributed by atoms with van der Waals surface area (Å²) in [6, 6.07) is 1.36.